The van der Waals surface area contributed by atoms with Gasteiger partial charge in [0.1, 0.15) is 23.7 Å². The van der Waals surface area contributed by atoms with E-state index in [1.54, 1.807) is 11.3 Å². The molecule has 0 radical (unpaired) electrons. The van der Waals surface area contributed by atoms with Gasteiger partial charge >= 0.3 is 0 Å². The summed E-state index contributed by atoms with van der Waals surface area (Å²) in [5.41, 5.74) is 4.21. The maximum absolute atomic E-state index is 5.78. The topological polar surface area (TPSA) is 68.6 Å². The molecule has 0 aliphatic heterocycles. The highest BCUT2D eigenvalue weighted by molar-refractivity contribution is 7.09. The summed E-state index contributed by atoms with van der Waals surface area (Å²) in [6.07, 6.45) is 1.51. The predicted octanol–water partition coefficient (Wildman–Crippen LogP) is 3.91. The second kappa shape index (κ2) is 6.52. The fourth-order valence-corrected chi connectivity index (χ4v) is 3.52. The number of aryl methyl sites for hydroxylation is 1. The van der Waals surface area contributed by atoms with Crippen molar-refractivity contribution in [2.45, 2.75) is 20.5 Å². The molecule has 1 aromatic carbocycles. The van der Waals surface area contributed by atoms with Gasteiger partial charge in [0.15, 0.2) is 0 Å². The number of para-hydroxylation sites is 1. The average molecular weight is 351 g/mol. The number of aromatic nitrogens is 5. The Bertz CT molecular complexity index is 973. The van der Waals surface area contributed by atoms with E-state index in [4.69, 9.17) is 9.72 Å². The fourth-order valence-electron chi connectivity index (χ4n) is 2.82. The number of hydrogen-bond acceptors (Lipinski definition) is 5. The molecule has 6 nitrogen and oxygen atoms in total. The lowest BCUT2D eigenvalue weighted by atomic mass is 10.2. The molecule has 0 unspecified atom stereocenters. The summed E-state index contributed by atoms with van der Waals surface area (Å²) >= 11 is 1.60. The van der Waals surface area contributed by atoms with Crippen molar-refractivity contribution in [1.29, 1.82) is 0 Å². The van der Waals surface area contributed by atoms with Crippen LogP contribution in [0.2, 0.25) is 0 Å². The van der Waals surface area contributed by atoms with Crippen molar-refractivity contribution in [3.8, 4) is 23.0 Å². The first kappa shape index (κ1) is 15.6. The van der Waals surface area contributed by atoms with E-state index in [1.165, 1.54) is 6.33 Å². The molecule has 1 N–H and O–H groups in total. The van der Waals surface area contributed by atoms with Crippen LogP contribution in [0.25, 0.3) is 17.2 Å². The largest absolute Gasteiger partial charge is 0.486 e. The van der Waals surface area contributed by atoms with Crippen LogP contribution in [0.3, 0.4) is 0 Å². The van der Waals surface area contributed by atoms with Crippen LogP contribution in [-0.4, -0.2) is 24.7 Å². The molecule has 0 aliphatic carbocycles. The van der Waals surface area contributed by atoms with Crippen molar-refractivity contribution >= 4 is 11.3 Å². The van der Waals surface area contributed by atoms with Crippen molar-refractivity contribution in [2.24, 2.45) is 0 Å². The quantitative estimate of drug-likeness (QED) is 0.592. The first-order valence-electron chi connectivity index (χ1n) is 7.89. The molecule has 0 fully saturated rings. The zero-order valence-corrected chi connectivity index (χ0v) is 14.7. The highest BCUT2D eigenvalue weighted by Gasteiger charge is 2.16. The highest BCUT2D eigenvalue weighted by atomic mass is 32.1. The van der Waals surface area contributed by atoms with Gasteiger partial charge in [-0.1, -0.05) is 18.2 Å². The first-order valence-corrected chi connectivity index (χ1v) is 8.77. The van der Waals surface area contributed by atoms with E-state index >= 15 is 0 Å². The second-order valence-corrected chi connectivity index (χ2v) is 6.60. The number of nitrogens with one attached hydrogen (secondary N) is 1. The van der Waals surface area contributed by atoms with Crippen LogP contribution < -0.4 is 4.74 Å². The van der Waals surface area contributed by atoms with Gasteiger partial charge in [-0.15, -0.1) is 11.3 Å². The van der Waals surface area contributed by atoms with Gasteiger partial charge in [-0.3, -0.25) is 4.57 Å². The lowest BCUT2D eigenvalue weighted by Crippen LogP contribution is -2.01. The molecule has 0 amide bonds. The molecular weight excluding hydrogens is 334 g/mol. The number of H-pyrrole nitrogens is 1. The lowest BCUT2D eigenvalue weighted by Gasteiger charge is -2.04. The summed E-state index contributed by atoms with van der Waals surface area (Å²) in [6, 6.07) is 11.9. The van der Waals surface area contributed by atoms with Crippen molar-refractivity contribution < 1.29 is 4.74 Å². The number of thiazole rings is 1. The predicted molar refractivity (Wildman–Crippen MR) is 97.1 cm³/mol. The van der Waals surface area contributed by atoms with Crippen molar-refractivity contribution in [1.82, 2.24) is 24.7 Å². The van der Waals surface area contributed by atoms with Crippen LogP contribution in [-0.2, 0) is 6.61 Å². The lowest BCUT2D eigenvalue weighted by molar-refractivity contribution is 0.305. The Morgan fingerprint density at radius 1 is 1.20 bits per heavy atom. The minimum absolute atomic E-state index is 0.468. The molecule has 3 aromatic heterocycles. The van der Waals surface area contributed by atoms with Gasteiger partial charge in [0.05, 0.1) is 5.69 Å². The van der Waals surface area contributed by atoms with E-state index < -0.39 is 0 Å². The van der Waals surface area contributed by atoms with Gasteiger partial charge < -0.3 is 4.74 Å². The molecule has 0 bridgehead atoms. The van der Waals surface area contributed by atoms with Gasteiger partial charge in [-0.25, -0.2) is 10.1 Å². The molecule has 25 heavy (non-hydrogen) atoms. The summed E-state index contributed by atoms with van der Waals surface area (Å²) in [7, 11) is 0. The smallest absolute Gasteiger partial charge is 0.229 e. The Balaban J connectivity index is 1.57. The number of rotatable bonds is 5. The molecule has 0 saturated carbocycles. The number of nitrogens with zero attached hydrogens (tertiary/aromatic N) is 4. The van der Waals surface area contributed by atoms with Gasteiger partial charge in [-0.05, 0) is 32.0 Å². The van der Waals surface area contributed by atoms with Crippen LogP contribution in [0.5, 0.6) is 5.75 Å². The summed E-state index contributed by atoms with van der Waals surface area (Å²) in [5.74, 6) is 1.56. The normalized spacial score (nSPS) is 11.0. The SMILES string of the molecule is Cc1cc(-c2csc(COc3ccccc3)n2)c(C)n1-c1ncn[nH]1. The monoisotopic (exact) mass is 351 g/mol. The number of benzene rings is 1. The van der Waals surface area contributed by atoms with Gasteiger partial charge in [0.2, 0.25) is 5.95 Å². The van der Waals surface area contributed by atoms with E-state index in [9.17, 15) is 0 Å². The van der Waals surface area contributed by atoms with E-state index in [0.717, 1.165) is 33.4 Å². The third-order valence-corrected chi connectivity index (χ3v) is 4.80. The van der Waals surface area contributed by atoms with Crippen LogP contribution in [0, 0.1) is 13.8 Å². The van der Waals surface area contributed by atoms with Gasteiger partial charge in [-0.2, -0.15) is 10.1 Å². The molecule has 4 aromatic rings. The maximum Gasteiger partial charge on any atom is 0.229 e. The number of aromatic amines is 1. The Morgan fingerprint density at radius 3 is 2.80 bits per heavy atom. The van der Waals surface area contributed by atoms with Crippen molar-refractivity contribution in [2.75, 3.05) is 0 Å². The molecule has 4 rings (SSSR count). The number of hydrogen-bond donors (Lipinski definition) is 1. The summed E-state index contributed by atoms with van der Waals surface area (Å²) in [6.45, 7) is 4.57. The van der Waals surface area contributed by atoms with Gasteiger partial charge in [0.25, 0.3) is 0 Å². The van der Waals surface area contributed by atoms with E-state index in [2.05, 4.69) is 33.6 Å². The van der Waals surface area contributed by atoms with Crippen LogP contribution >= 0.6 is 11.3 Å². The molecule has 7 heteroatoms. The molecule has 0 spiro atoms. The summed E-state index contributed by atoms with van der Waals surface area (Å²) < 4.78 is 7.82. The Kier molecular flexibility index (Phi) is 4.07. The highest BCUT2D eigenvalue weighted by Crippen LogP contribution is 2.29. The summed E-state index contributed by atoms with van der Waals surface area (Å²) in [4.78, 5) is 8.97. The Hall–Kier alpha value is -2.93. The second-order valence-electron chi connectivity index (χ2n) is 5.66. The molecule has 3 heterocycles. The third-order valence-electron chi connectivity index (χ3n) is 3.98. The van der Waals surface area contributed by atoms with Crippen LogP contribution in [0.15, 0.2) is 48.1 Å². The standard InChI is InChI=1S/C18H17N5OS/c1-12-8-15(13(2)23(12)18-19-11-20-22-18)16-10-25-17(21-16)9-24-14-6-4-3-5-7-14/h3-8,10-11H,9H2,1-2H3,(H,19,20,22). The van der Waals surface area contributed by atoms with E-state index in [-0.39, 0.29) is 0 Å². The minimum Gasteiger partial charge on any atom is -0.486 e. The molecule has 0 atom stereocenters. The molecular formula is C18H17N5OS. The fraction of sp³-hybridized carbons (Fsp3) is 0.167. The zero-order chi connectivity index (χ0) is 17.2. The van der Waals surface area contributed by atoms with Crippen molar-refractivity contribution in [3.63, 3.8) is 0 Å². The van der Waals surface area contributed by atoms with Crippen LogP contribution in [0.1, 0.15) is 16.4 Å². The van der Waals surface area contributed by atoms with Crippen LogP contribution in [0.4, 0.5) is 0 Å². The first-order chi connectivity index (χ1) is 12.2. The van der Waals surface area contributed by atoms with Gasteiger partial charge in [0, 0.05) is 22.3 Å². The Morgan fingerprint density at radius 2 is 2.04 bits per heavy atom. The maximum atomic E-state index is 5.78. The molecule has 0 aliphatic rings. The average Bonchev–Trinajstić information content (AvgIpc) is 3.35. The number of ether oxygens (including phenoxy) is 1. The van der Waals surface area contributed by atoms with Crippen molar-refractivity contribution in [3.05, 3.63) is 64.5 Å². The zero-order valence-electron chi connectivity index (χ0n) is 13.9. The van der Waals surface area contributed by atoms with E-state index in [0.29, 0.717) is 12.6 Å². The Labute approximate surface area is 149 Å². The molecule has 0 saturated heterocycles. The molecule has 126 valence electrons. The third kappa shape index (κ3) is 3.06. The summed E-state index contributed by atoms with van der Waals surface area (Å²) in [5, 5.41) is 9.85. The minimum atomic E-state index is 0.468. The van der Waals surface area contributed by atoms with E-state index in [1.807, 2.05) is 41.8 Å².